The van der Waals surface area contributed by atoms with E-state index >= 15 is 0 Å². The predicted molar refractivity (Wildman–Crippen MR) is 77.2 cm³/mol. The van der Waals surface area contributed by atoms with Crippen molar-refractivity contribution in [2.45, 2.75) is 19.3 Å². The SMILES string of the molecule is CC(C)(C#N)c1ccc(NC(=O)c2cccnc2F)cc1. The molecule has 21 heavy (non-hydrogen) atoms. The number of aromatic nitrogens is 1. The Hall–Kier alpha value is -2.74. The minimum Gasteiger partial charge on any atom is -0.322 e. The third kappa shape index (κ3) is 3.23. The van der Waals surface area contributed by atoms with Gasteiger partial charge in [-0.3, -0.25) is 4.79 Å². The zero-order valence-corrected chi connectivity index (χ0v) is 11.7. The number of nitrogens with one attached hydrogen (secondary N) is 1. The van der Waals surface area contributed by atoms with E-state index in [0.717, 1.165) is 5.56 Å². The smallest absolute Gasteiger partial charge is 0.260 e. The first-order chi connectivity index (χ1) is 9.94. The van der Waals surface area contributed by atoms with Crippen LogP contribution >= 0.6 is 0 Å². The van der Waals surface area contributed by atoms with E-state index in [1.807, 2.05) is 13.8 Å². The highest BCUT2D eigenvalue weighted by Crippen LogP contribution is 2.23. The van der Waals surface area contributed by atoms with E-state index in [0.29, 0.717) is 5.69 Å². The number of hydrogen-bond donors (Lipinski definition) is 1. The standard InChI is InChI=1S/C16H14FN3O/c1-16(2,10-18)11-5-7-12(8-6-11)20-15(21)13-4-3-9-19-14(13)17/h3-9H,1-2H3,(H,20,21). The van der Waals surface area contributed by atoms with Gasteiger partial charge < -0.3 is 5.32 Å². The Bertz CT molecular complexity index is 702. The van der Waals surface area contributed by atoms with Gasteiger partial charge in [0, 0.05) is 11.9 Å². The van der Waals surface area contributed by atoms with Crippen molar-refractivity contribution in [3.63, 3.8) is 0 Å². The Labute approximate surface area is 122 Å². The molecule has 0 aliphatic carbocycles. The van der Waals surface area contributed by atoms with Gasteiger partial charge in [0.05, 0.1) is 17.0 Å². The van der Waals surface area contributed by atoms with Crippen LogP contribution in [0, 0.1) is 17.3 Å². The summed E-state index contributed by atoms with van der Waals surface area (Å²) in [5, 5.41) is 11.7. The Morgan fingerprint density at radius 2 is 1.95 bits per heavy atom. The van der Waals surface area contributed by atoms with Crippen LogP contribution in [0.3, 0.4) is 0 Å². The summed E-state index contributed by atoms with van der Waals surface area (Å²) in [7, 11) is 0. The van der Waals surface area contributed by atoms with Crippen LogP contribution in [0.4, 0.5) is 10.1 Å². The third-order valence-corrected chi connectivity index (χ3v) is 3.15. The lowest BCUT2D eigenvalue weighted by Crippen LogP contribution is -2.16. The molecule has 0 saturated carbocycles. The number of pyridine rings is 1. The topological polar surface area (TPSA) is 65.8 Å². The summed E-state index contributed by atoms with van der Waals surface area (Å²) in [4.78, 5) is 15.4. The van der Waals surface area contributed by atoms with E-state index in [2.05, 4.69) is 16.4 Å². The zero-order chi connectivity index (χ0) is 15.5. The summed E-state index contributed by atoms with van der Waals surface area (Å²) in [6.07, 6.45) is 1.28. The first-order valence-corrected chi connectivity index (χ1v) is 6.38. The number of nitriles is 1. The third-order valence-electron chi connectivity index (χ3n) is 3.15. The monoisotopic (exact) mass is 283 g/mol. The van der Waals surface area contributed by atoms with Crippen LogP contribution in [-0.4, -0.2) is 10.9 Å². The molecule has 1 N–H and O–H groups in total. The van der Waals surface area contributed by atoms with Crippen molar-refractivity contribution in [1.29, 1.82) is 5.26 Å². The van der Waals surface area contributed by atoms with Gasteiger partial charge in [0.25, 0.3) is 5.91 Å². The van der Waals surface area contributed by atoms with Gasteiger partial charge in [0.15, 0.2) is 0 Å². The molecule has 0 fully saturated rings. The predicted octanol–water partition coefficient (Wildman–Crippen LogP) is 3.27. The van der Waals surface area contributed by atoms with Crippen LogP contribution < -0.4 is 5.32 Å². The van der Waals surface area contributed by atoms with Crippen LogP contribution in [0.15, 0.2) is 42.6 Å². The molecule has 0 bridgehead atoms. The van der Waals surface area contributed by atoms with Gasteiger partial charge in [0.2, 0.25) is 5.95 Å². The van der Waals surface area contributed by atoms with Gasteiger partial charge >= 0.3 is 0 Å². The Morgan fingerprint density at radius 3 is 2.52 bits per heavy atom. The van der Waals surface area contributed by atoms with E-state index in [4.69, 9.17) is 5.26 Å². The van der Waals surface area contributed by atoms with E-state index in [1.54, 1.807) is 24.3 Å². The fraction of sp³-hybridized carbons (Fsp3) is 0.188. The number of benzene rings is 1. The Kier molecular flexibility index (Phi) is 3.99. The molecule has 0 saturated heterocycles. The largest absolute Gasteiger partial charge is 0.322 e. The van der Waals surface area contributed by atoms with Gasteiger partial charge in [-0.25, -0.2) is 4.98 Å². The van der Waals surface area contributed by atoms with Crippen LogP contribution in [0.25, 0.3) is 0 Å². The maximum absolute atomic E-state index is 13.4. The van der Waals surface area contributed by atoms with Gasteiger partial charge in [0.1, 0.15) is 0 Å². The van der Waals surface area contributed by atoms with Crippen LogP contribution in [-0.2, 0) is 5.41 Å². The summed E-state index contributed by atoms with van der Waals surface area (Å²) >= 11 is 0. The van der Waals surface area contributed by atoms with Crippen molar-refractivity contribution in [3.8, 4) is 6.07 Å². The summed E-state index contributed by atoms with van der Waals surface area (Å²) in [5.41, 5.74) is 0.660. The number of nitrogens with zero attached hydrogens (tertiary/aromatic N) is 2. The van der Waals surface area contributed by atoms with E-state index in [1.165, 1.54) is 18.3 Å². The Balaban J connectivity index is 2.17. The summed E-state index contributed by atoms with van der Waals surface area (Å²) in [6.45, 7) is 3.62. The molecule has 5 heteroatoms. The molecule has 0 unspecified atom stereocenters. The Morgan fingerprint density at radius 1 is 1.29 bits per heavy atom. The summed E-state index contributed by atoms with van der Waals surface area (Å²) < 4.78 is 13.4. The van der Waals surface area contributed by atoms with Crippen LogP contribution in [0.5, 0.6) is 0 Å². The first-order valence-electron chi connectivity index (χ1n) is 6.38. The molecule has 0 aliphatic rings. The second-order valence-corrected chi connectivity index (χ2v) is 5.11. The minimum absolute atomic E-state index is 0.112. The van der Waals surface area contributed by atoms with Gasteiger partial charge in [-0.2, -0.15) is 9.65 Å². The van der Waals surface area contributed by atoms with E-state index in [9.17, 15) is 9.18 Å². The van der Waals surface area contributed by atoms with Gasteiger partial charge in [-0.1, -0.05) is 12.1 Å². The average molecular weight is 283 g/mol. The number of halogens is 1. The summed E-state index contributed by atoms with van der Waals surface area (Å²) in [6, 6.07) is 12.0. The van der Waals surface area contributed by atoms with Crippen molar-refractivity contribution >= 4 is 11.6 Å². The number of carbonyl (C=O) groups is 1. The zero-order valence-electron chi connectivity index (χ0n) is 11.7. The molecule has 1 amide bonds. The minimum atomic E-state index is -0.808. The molecule has 1 aromatic heterocycles. The molecular formula is C16H14FN3O. The van der Waals surface area contributed by atoms with Crippen LogP contribution in [0.2, 0.25) is 0 Å². The average Bonchev–Trinajstić information content (AvgIpc) is 2.48. The number of carbonyl (C=O) groups excluding carboxylic acids is 1. The second kappa shape index (κ2) is 5.71. The van der Waals surface area contributed by atoms with Gasteiger partial charge in [-0.05, 0) is 43.7 Å². The molecular weight excluding hydrogens is 269 g/mol. The van der Waals surface area contributed by atoms with Crippen molar-refractivity contribution < 1.29 is 9.18 Å². The fourth-order valence-corrected chi connectivity index (χ4v) is 1.79. The number of hydrogen-bond acceptors (Lipinski definition) is 3. The molecule has 0 aliphatic heterocycles. The molecule has 1 heterocycles. The first kappa shape index (κ1) is 14.7. The van der Waals surface area contributed by atoms with Crippen LogP contribution in [0.1, 0.15) is 29.8 Å². The molecule has 4 nitrogen and oxygen atoms in total. The van der Waals surface area contributed by atoms with Crippen molar-refractivity contribution in [2.24, 2.45) is 0 Å². The quantitative estimate of drug-likeness (QED) is 0.879. The van der Waals surface area contributed by atoms with Crippen molar-refractivity contribution in [3.05, 3.63) is 59.7 Å². The van der Waals surface area contributed by atoms with Gasteiger partial charge in [-0.15, -0.1) is 0 Å². The lowest BCUT2D eigenvalue weighted by Gasteiger charge is -2.16. The molecule has 2 rings (SSSR count). The van der Waals surface area contributed by atoms with E-state index in [-0.39, 0.29) is 5.56 Å². The lowest BCUT2D eigenvalue weighted by atomic mass is 9.86. The lowest BCUT2D eigenvalue weighted by molar-refractivity contribution is 0.102. The summed E-state index contributed by atoms with van der Waals surface area (Å²) in [5.74, 6) is -1.37. The molecule has 0 atom stereocenters. The number of amides is 1. The van der Waals surface area contributed by atoms with Crippen molar-refractivity contribution in [1.82, 2.24) is 4.98 Å². The molecule has 106 valence electrons. The number of anilines is 1. The molecule has 0 radical (unpaired) electrons. The second-order valence-electron chi connectivity index (χ2n) is 5.11. The van der Waals surface area contributed by atoms with Crippen molar-refractivity contribution in [2.75, 3.05) is 5.32 Å². The molecule has 2 aromatic rings. The maximum Gasteiger partial charge on any atom is 0.260 e. The number of rotatable bonds is 3. The van der Waals surface area contributed by atoms with E-state index < -0.39 is 17.3 Å². The highest BCUT2D eigenvalue weighted by atomic mass is 19.1. The maximum atomic E-state index is 13.4. The molecule has 0 spiro atoms. The highest BCUT2D eigenvalue weighted by molar-refractivity contribution is 6.04. The fourth-order valence-electron chi connectivity index (χ4n) is 1.79. The normalized spacial score (nSPS) is 10.8. The highest BCUT2D eigenvalue weighted by Gasteiger charge is 2.19. The molecule has 1 aromatic carbocycles.